The third kappa shape index (κ3) is 5.22. The Morgan fingerprint density at radius 2 is 1.16 bits per heavy atom. The Labute approximate surface area is 332 Å². The monoisotopic (exact) mass is 730 g/mol. The smallest absolute Gasteiger partial charge is 0.140 e. The summed E-state index contributed by atoms with van der Waals surface area (Å²) in [6.07, 6.45) is 1.87. The molecule has 1 aliphatic rings. The molecule has 0 saturated heterocycles. The van der Waals surface area contributed by atoms with Crippen LogP contribution in [0, 0.1) is 0 Å². The first-order valence-corrected chi connectivity index (χ1v) is 19.6. The molecule has 1 aliphatic carbocycles. The lowest BCUT2D eigenvalue weighted by Gasteiger charge is -2.29. The van der Waals surface area contributed by atoms with Gasteiger partial charge in [-0.05, 0) is 87.5 Å². The summed E-state index contributed by atoms with van der Waals surface area (Å²) in [6.45, 7) is 4.67. The zero-order valence-electron chi connectivity index (χ0n) is 31.8. The van der Waals surface area contributed by atoms with Crippen LogP contribution in [-0.4, -0.2) is 14.5 Å². The maximum absolute atomic E-state index is 5.46. The highest BCUT2D eigenvalue weighted by molar-refractivity contribution is 6.11. The van der Waals surface area contributed by atoms with Crippen LogP contribution in [0.25, 0.3) is 71.9 Å². The largest absolute Gasteiger partial charge is 0.307 e. The zero-order valence-corrected chi connectivity index (χ0v) is 31.8. The number of fused-ring (bicyclic) bond motifs is 7. The van der Waals surface area contributed by atoms with E-state index in [0.717, 1.165) is 44.9 Å². The molecule has 0 N–H and O–H groups in total. The fourth-order valence-electron chi connectivity index (χ4n) is 9.11. The fraction of sp³-hybridized carbons (Fsp3) is 0.0566. The Bertz CT molecular complexity index is 3140. The molecular formula is C53H38N4. The van der Waals surface area contributed by atoms with Crippen LogP contribution in [0.15, 0.2) is 194 Å². The number of aromatic nitrogens is 3. The number of hydrogen-bond donors (Lipinski definition) is 0. The minimum absolute atomic E-state index is 0.155. The second kappa shape index (κ2) is 12.9. The van der Waals surface area contributed by atoms with Gasteiger partial charge in [0.2, 0.25) is 0 Å². The number of benzene rings is 7. The maximum Gasteiger partial charge on any atom is 0.140 e. The van der Waals surface area contributed by atoms with Crippen LogP contribution >= 0.6 is 0 Å². The summed E-state index contributed by atoms with van der Waals surface area (Å²) in [7, 11) is 0. The van der Waals surface area contributed by atoms with Gasteiger partial charge >= 0.3 is 0 Å². The van der Waals surface area contributed by atoms with Crippen molar-refractivity contribution >= 4 is 50.0 Å². The van der Waals surface area contributed by atoms with Gasteiger partial charge in [-0.25, -0.2) is 4.98 Å². The van der Waals surface area contributed by atoms with Crippen molar-refractivity contribution < 1.29 is 0 Å². The van der Waals surface area contributed by atoms with Gasteiger partial charge in [0.1, 0.15) is 11.3 Å². The van der Waals surface area contributed by atoms with E-state index in [-0.39, 0.29) is 5.41 Å². The molecule has 3 heterocycles. The highest BCUT2D eigenvalue weighted by atomic mass is 15.2. The van der Waals surface area contributed by atoms with Gasteiger partial charge in [-0.1, -0.05) is 147 Å². The summed E-state index contributed by atoms with van der Waals surface area (Å²) in [5, 5.41) is 2.39. The highest BCUT2D eigenvalue weighted by Gasteiger charge is 2.38. The number of pyridine rings is 2. The lowest BCUT2D eigenvalue weighted by atomic mass is 9.82. The summed E-state index contributed by atoms with van der Waals surface area (Å²) in [4.78, 5) is 12.8. The Balaban J connectivity index is 1.19. The minimum Gasteiger partial charge on any atom is -0.307 e. The van der Waals surface area contributed by atoms with E-state index in [4.69, 9.17) is 9.97 Å². The van der Waals surface area contributed by atoms with Gasteiger partial charge in [0, 0.05) is 39.7 Å². The molecule has 3 aromatic heterocycles. The summed E-state index contributed by atoms with van der Waals surface area (Å²) >= 11 is 0. The molecule has 4 heteroatoms. The Kier molecular flexibility index (Phi) is 7.48. The molecule has 7 aromatic carbocycles. The van der Waals surface area contributed by atoms with Crippen LogP contribution in [0.2, 0.25) is 0 Å². The molecule has 11 rings (SSSR count). The highest BCUT2D eigenvalue weighted by Crippen LogP contribution is 2.54. The average molecular weight is 731 g/mol. The number of hydrogen-bond acceptors (Lipinski definition) is 3. The van der Waals surface area contributed by atoms with Crippen molar-refractivity contribution in [3.05, 3.63) is 205 Å². The SMILES string of the molecule is CC1(C)c2ccccc2-c2c(N(c3ccc(-c4ccccc4)cc3)c3cc(-n4c5ccccc5c5cc(-c6ccccc6)ccc54)c4ncccc4n3)cccc21. The molecule has 10 aromatic rings. The van der Waals surface area contributed by atoms with E-state index in [9.17, 15) is 0 Å². The van der Waals surface area contributed by atoms with E-state index in [1.165, 1.54) is 55.3 Å². The first kappa shape index (κ1) is 33.1. The molecule has 0 unspecified atom stereocenters. The Morgan fingerprint density at radius 3 is 1.96 bits per heavy atom. The quantitative estimate of drug-likeness (QED) is 0.171. The van der Waals surface area contributed by atoms with Crippen molar-refractivity contribution in [2.45, 2.75) is 19.3 Å². The van der Waals surface area contributed by atoms with Crippen molar-refractivity contribution in [3.63, 3.8) is 0 Å². The average Bonchev–Trinajstić information content (AvgIpc) is 3.72. The van der Waals surface area contributed by atoms with Crippen LogP contribution in [0.4, 0.5) is 17.2 Å². The molecule has 0 fully saturated rings. The van der Waals surface area contributed by atoms with Crippen molar-refractivity contribution in [2.24, 2.45) is 0 Å². The molecule has 0 atom stereocenters. The first-order chi connectivity index (χ1) is 28.0. The molecule has 270 valence electrons. The van der Waals surface area contributed by atoms with Gasteiger partial charge in [0.25, 0.3) is 0 Å². The molecule has 0 spiro atoms. The van der Waals surface area contributed by atoms with Crippen molar-refractivity contribution in [1.82, 2.24) is 14.5 Å². The Morgan fingerprint density at radius 1 is 0.509 bits per heavy atom. The van der Waals surface area contributed by atoms with Crippen LogP contribution < -0.4 is 4.90 Å². The van der Waals surface area contributed by atoms with Crippen LogP contribution in [-0.2, 0) is 5.41 Å². The molecule has 0 amide bonds. The van der Waals surface area contributed by atoms with E-state index in [2.05, 4.69) is 205 Å². The maximum atomic E-state index is 5.46. The Hall–Kier alpha value is -7.30. The molecule has 57 heavy (non-hydrogen) atoms. The molecular weight excluding hydrogens is 693 g/mol. The van der Waals surface area contributed by atoms with Crippen LogP contribution in [0.5, 0.6) is 0 Å². The number of para-hydroxylation sites is 1. The topological polar surface area (TPSA) is 34.0 Å². The summed E-state index contributed by atoms with van der Waals surface area (Å²) in [6, 6.07) is 67.5. The van der Waals surface area contributed by atoms with Crippen molar-refractivity contribution in [1.29, 1.82) is 0 Å². The van der Waals surface area contributed by atoms with Crippen LogP contribution in [0.1, 0.15) is 25.0 Å². The van der Waals surface area contributed by atoms with E-state index >= 15 is 0 Å². The molecule has 0 saturated carbocycles. The number of rotatable bonds is 6. The molecule has 0 bridgehead atoms. The summed E-state index contributed by atoms with van der Waals surface area (Å²) < 4.78 is 2.38. The summed E-state index contributed by atoms with van der Waals surface area (Å²) in [5.74, 6) is 0.820. The minimum atomic E-state index is -0.155. The normalized spacial score (nSPS) is 12.9. The van der Waals surface area contributed by atoms with Gasteiger partial charge in [-0.3, -0.25) is 9.88 Å². The number of nitrogens with zero attached hydrogens (tertiary/aromatic N) is 4. The number of anilines is 3. The lowest BCUT2D eigenvalue weighted by Crippen LogP contribution is -2.16. The third-order valence-electron chi connectivity index (χ3n) is 11.8. The third-order valence-corrected chi connectivity index (χ3v) is 11.8. The predicted molar refractivity (Wildman–Crippen MR) is 237 cm³/mol. The van der Waals surface area contributed by atoms with Crippen molar-refractivity contribution in [3.8, 4) is 39.1 Å². The molecule has 0 radical (unpaired) electrons. The predicted octanol–water partition coefficient (Wildman–Crippen LogP) is 13.8. The van der Waals surface area contributed by atoms with E-state index < -0.39 is 0 Å². The van der Waals surface area contributed by atoms with Crippen molar-refractivity contribution in [2.75, 3.05) is 4.90 Å². The lowest BCUT2D eigenvalue weighted by molar-refractivity contribution is 0.660. The van der Waals surface area contributed by atoms with Gasteiger partial charge in [-0.15, -0.1) is 0 Å². The standard InChI is InChI=1S/C53H38N4/c1-53(2)43-21-11-9-20-41(43)51-44(53)22-13-25-48(51)56(39-29-26-37(27-30-39)35-15-5-3-6-16-35)50-34-49(52-45(55-50)23-14-32-54-52)57-46-24-12-10-19-40(46)42-33-38(28-31-47(42)57)36-17-7-4-8-18-36/h3-34H,1-2H3. The van der Waals surface area contributed by atoms with Gasteiger partial charge < -0.3 is 4.57 Å². The fourth-order valence-corrected chi connectivity index (χ4v) is 9.11. The van der Waals surface area contributed by atoms with Crippen LogP contribution in [0.3, 0.4) is 0 Å². The van der Waals surface area contributed by atoms with E-state index in [1.54, 1.807) is 0 Å². The van der Waals surface area contributed by atoms with Gasteiger partial charge in [0.05, 0.1) is 27.9 Å². The summed E-state index contributed by atoms with van der Waals surface area (Å²) in [5.41, 5.74) is 16.8. The second-order valence-electron chi connectivity index (χ2n) is 15.4. The van der Waals surface area contributed by atoms with Gasteiger partial charge in [0.15, 0.2) is 0 Å². The molecule has 4 nitrogen and oxygen atoms in total. The van der Waals surface area contributed by atoms with E-state index in [0.29, 0.717) is 0 Å². The van der Waals surface area contributed by atoms with Gasteiger partial charge in [-0.2, -0.15) is 0 Å². The zero-order chi connectivity index (χ0) is 38.1. The first-order valence-electron chi connectivity index (χ1n) is 19.6. The van der Waals surface area contributed by atoms with E-state index in [1.807, 2.05) is 12.3 Å². The molecule has 0 aliphatic heterocycles. The second-order valence-corrected chi connectivity index (χ2v) is 15.4.